The van der Waals surface area contributed by atoms with Crippen molar-refractivity contribution >= 4 is 130 Å². The summed E-state index contributed by atoms with van der Waals surface area (Å²) in [5.74, 6) is 0.0886. The van der Waals surface area contributed by atoms with Gasteiger partial charge in [0.25, 0.3) is 0 Å². The minimum atomic E-state index is -0.773. The summed E-state index contributed by atoms with van der Waals surface area (Å²) < 4.78 is 17.7. The smallest absolute Gasteiger partial charge is 0.414 e. The highest BCUT2D eigenvalue weighted by atomic mass is 79.9. The van der Waals surface area contributed by atoms with Crippen molar-refractivity contribution in [2.45, 2.75) is 133 Å². The topological polar surface area (TPSA) is 138 Å². The van der Waals surface area contributed by atoms with Gasteiger partial charge in [-0.2, -0.15) is 0 Å². The Balaban J connectivity index is 0.000000873. The molecule has 0 unspecified atom stereocenters. The fraction of sp³-hybridized carbons (Fsp3) is 0.500. The van der Waals surface area contributed by atoms with Crippen LogP contribution in [0, 0.1) is 0 Å². The number of anilines is 5. The van der Waals surface area contributed by atoms with E-state index < -0.39 is 22.7 Å². The number of carbonyl (C=O) groups excluding carboxylic acids is 5. The van der Waals surface area contributed by atoms with Crippen molar-refractivity contribution in [1.29, 1.82) is 0 Å². The number of nitrogens with zero attached hydrogens (tertiary/aromatic N) is 4. The number of fused-ring (bicyclic) bond motifs is 3. The van der Waals surface area contributed by atoms with E-state index in [4.69, 9.17) is 9.47 Å². The largest absolute Gasteiger partial charge is 0.457 e. The molecule has 3 aliphatic rings. The monoisotopic (exact) mass is 1120 g/mol. The van der Waals surface area contributed by atoms with Gasteiger partial charge in [-0.25, -0.2) is 14.4 Å². The van der Waals surface area contributed by atoms with Gasteiger partial charge in [0.05, 0.1) is 35.9 Å². The van der Waals surface area contributed by atoms with Crippen LogP contribution in [0.15, 0.2) is 68.0 Å². The maximum atomic E-state index is 12.5. The number of nitrogens with one attached hydrogen (secondary N) is 1. The Labute approximate surface area is 417 Å². The third-order valence-corrected chi connectivity index (χ3v) is 10.8. The fourth-order valence-corrected chi connectivity index (χ4v) is 7.90. The molecule has 4 amide bonds. The molecular weight excluding hydrogens is 1060 g/mol. The molecule has 6 rings (SSSR count). The van der Waals surface area contributed by atoms with Crippen LogP contribution >= 0.6 is 71.8 Å². The van der Waals surface area contributed by atoms with Gasteiger partial charge in [-0.05, 0) is 135 Å². The van der Waals surface area contributed by atoms with E-state index in [2.05, 4.69) is 82.4 Å². The van der Waals surface area contributed by atoms with Gasteiger partial charge < -0.3 is 29.3 Å². The van der Waals surface area contributed by atoms with Crippen molar-refractivity contribution in [2.75, 3.05) is 45.1 Å². The predicted molar refractivity (Wildman–Crippen MR) is 275 cm³/mol. The highest BCUT2D eigenvalue weighted by Crippen LogP contribution is 2.39. The van der Waals surface area contributed by atoms with Gasteiger partial charge in [0.1, 0.15) is 11.2 Å². The number of benzene rings is 3. The minimum absolute atomic E-state index is 0. The molecule has 0 fully saturated rings. The molecule has 0 bridgehead atoms. The number of aryl methyl sites for hydroxylation is 1. The molecule has 0 saturated heterocycles. The molecule has 0 aromatic heterocycles. The summed E-state index contributed by atoms with van der Waals surface area (Å²) in [6.45, 7) is 21.4. The lowest BCUT2D eigenvalue weighted by Crippen LogP contribution is -2.52. The number of hydrogen-bond donors (Lipinski definition) is 1. The van der Waals surface area contributed by atoms with Crippen LogP contribution in [0.5, 0.6) is 0 Å². The maximum Gasteiger partial charge on any atom is 0.414 e. The van der Waals surface area contributed by atoms with Gasteiger partial charge >= 0.3 is 17.6 Å². The molecule has 0 saturated carbocycles. The van der Waals surface area contributed by atoms with Crippen molar-refractivity contribution in [3.63, 3.8) is 0 Å². The van der Waals surface area contributed by atoms with Crippen LogP contribution in [0.3, 0.4) is 0 Å². The third-order valence-electron chi connectivity index (χ3n) is 9.12. The second-order valence-corrected chi connectivity index (χ2v) is 19.8. The Morgan fingerprint density at radius 1 is 0.656 bits per heavy atom. The summed E-state index contributed by atoms with van der Waals surface area (Å²) in [5.41, 5.74) is 3.71. The van der Waals surface area contributed by atoms with E-state index in [1.165, 1.54) is 19.6 Å². The Morgan fingerprint density at radius 2 is 1.08 bits per heavy atom. The normalized spacial score (nSPS) is 16.9. The summed E-state index contributed by atoms with van der Waals surface area (Å²) >= 11 is 14.9. The van der Waals surface area contributed by atoms with Gasteiger partial charge in [0.2, 0.25) is 11.8 Å². The van der Waals surface area contributed by atoms with Gasteiger partial charge in [-0.1, -0.05) is 62.6 Å². The number of methoxy groups -OCH3 is 1. The van der Waals surface area contributed by atoms with E-state index in [-0.39, 0.29) is 57.3 Å². The summed E-state index contributed by atoms with van der Waals surface area (Å²) in [6.07, 6.45) is 1.39. The van der Waals surface area contributed by atoms with Crippen LogP contribution in [-0.2, 0) is 30.2 Å². The Kier molecular flexibility index (Phi) is 24.5. The summed E-state index contributed by atoms with van der Waals surface area (Å²) in [6, 6.07) is 17.9. The number of hydrogen-bond acceptors (Lipinski definition) is 9. The molecule has 3 aromatic carbocycles. The average Bonchev–Trinajstić information content (AvgIpc) is 3.13. The number of rotatable bonds is 0. The van der Waals surface area contributed by atoms with Crippen molar-refractivity contribution in [3.05, 3.63) is 73.6 Å². The number of amides is 4. The van der Waals surface area contributed by atoms with E-state index in [1.807, 2.05) is 109 Å². The maximum absolute atomic E-state index is 12.5. The molecule has 358 valence electrons. The average molecular weight is 1130 g/mol. The molecule has 1 N–H and O–H groups in total. The minimum Gasteiger partial charge on any atom is -0.457 e. The van der Waals surface area contributed by atoms with E-state index in [0.717, 1.165) is 49.0 Å². The lowest BCUT2D eigenvalue weighted by molar-refractivity contribution is -0.117. The van der Waals surface area contributed by atoms with Crippen LogP contribution in [0.1, 0.15) is 103 Å². The quantitative estimate of drug-likeness (QED) is 0.172. The van der Waals surface area contributed by atoms with E-state index >= 15 is 0 Å². The molecule has 64 heavy (non-hydrogen) atoms. The highest BCUT2D eigenvalue weighted by molar-refractivity contribution is 9.11. The van der Waals surface area contributed by atoms with Crippen molar-refractivity contribution in [2.24, 2.45) is 0 Å². The van der Waals surface area contributed by atoms with E-state index in [1.54, 1.807) is 21.6 Å². The molecule has 13 nitrogen and oxygen atoms in total. The van der Waals surface area contributed by atoms with Gasteiger partial charge in [0.15, 0.2) is 0 Å². The molecule has 0 aliphatic carbocycles. The standard InChI is InChI=1S/C16H21BrN2O3.C14H19BrN2O2.C12H14BrNO.C2H3ClO2.2CH4.ClH/c1-10-9-18(15(21)22-16(3,4)5)14-8-12(17)6-7-13(14)19(10)11(2)20;1-9-8-17(13(18)19-14(2,3)4)12-7-10(15)5-6-11(12)16-9;1-8-3-4-10-7-11(13)5-6-12(10)14(8)9(2)15;1-5-2(3)4;;;/h6-8,10H,9H2,1-5H3;5-7,9,16H,8H2,1-4H3;5-8H,3-4H2,1-2H3;1H3;2*1H4;1H/t10-;9-;8-;;;;/m000..../s1. The number of ether oxygens (including phenoxy) is 3. The van der Waals surface area contributed by atoms with Crippen LogP contribution < -0.4 is 24.9 Å². The first-order chi connectivity index (χ1) is 28.2. The van der Waals surface area contributed by atoms with E-state index in [0.29, 0.717) is 24.8 Å². The molecule has 3 atom stereocenters. The highest BCUT2D eigenvalue weighted by Gasteiger charge is 2.36. The summed E-state index contributed by atoms with van der Waals surface area (Å²) in [5, 5.41) is 3.36. The SMILES string of the molecule is C.C.CC(=O)N1c2ccc(Br)cc2CC[C@@H]1C.CC(=O)N1c2ccc(Br)cc2N(C(=O)OC(C)(C)C)C[C@@H]1C.COC(=O)Cl.C[C@H]1CN(C(=O)OC(C)(C)C)c2cc(Br)ccc2N1.Cl. The molecule has 3 heterocycles. The second kappa shape index (κ2) is 25.9. The van der Waals surface area contributed by atoms with Crippen molar-refractivity contribution in [1.82, 2.24) is 0 Å². The zero-order valence-electron chi connectivity index (χ0n) is 37.2. The van der Waals surface area contributed by atoms with Crippen LogP contribution in [0.2, 0.25) is 0 Å². The second-order valence-electron chi connectivity index (χ2n) is 16.8. The first kappa shape index (κ1) is 60.4. The third kappa shape index (κ3) is 17.7. The Bertz CT molecular complexity index is 2080. The summed E-state index contributed by atoms with van der Waals surface area (Å²) in [4.78, 5) is 64.5. The molecule has 3 aromatic rings. The van der Waals surface area contributed by atoms with Gasteiger partial charge in [-0.3, -0.25) is 19.4 Å². The molecule has 18 heteroatoms. The fourth-order valence-electron chi connectivity index (χ4n) is 6.79. The van der Waals surface area contributed by atoms with Crippen LogP contribution in [0.25, 0.3) is 0 Å². The number of halogens is 5. The lowest BCUT2D eigenvalue weighted by Gasteiger charge is -2.41. The molecule has 3 aliphatic heterocycles. The lowest BCUT2D eigenvalue weighted by atomic mass is 9.97. The Hall–Kier alpha value is -3.57. The first-order valence-corrected chi connectivity index (χ1v) is 22.5. The summed E-state index contributed by atoms with van der Waals surface area (Å²) in [7, 11) is 1.22. The number of carbonyl (C=O) groups is 5. The predicted octanol–water partition coefficient (Wildman–Crippen LogP) is 13.8. The van der Waals surface area contributed by atoms with Crippen molar-refractivity contribution < 1.29 is 38.2 Å². The van der Waals surface area contributed by atoms with Gasteiger partial charge in [-0.15, -0.1) is 12.4 Å². The zero-order valence-corrected chi connectivity index (χ0v) is 43.6. The first-order valence-electron chi connectivity index (χ1n) is 19.7. The van der Waals surface area contributed by atoms with Crippen LogP contribution in [0.4, 0.5) is 42.8 Å². The molecule has 0 radical (unpaired) electrons. The Morgan fingerprint density at radius 3 is 1.55 bits per heavy atom. The molecular formula is C46H66Br3Cl2N5O8. The van der Waals surface area contributed by atoms with Crippen molar-refractivity contribution in [3.8, 4) is 0 Å². The van der Waals surface area contributed by atoms with Crippen LogP contribution in [-0.4, -0.2) is 79.0 Å². The van der Waals surface area contributed by atoms with Gasteiger partial charge in [0, 0.05) is 69.7 Å². The molecule has 0 spiro atoms. The van der Waals surface area contributed by atoms with E-state index in [9.17, 15) is 24.0 Å². The zero-order chi connectivity index (χ0) is 46.1.